The van der Waals surface area contributed by atoms with Crippen LogP contribution in [-0.2, 0) is 4.79 Å². The summed E-state index contributed by atoms with van der Waals surface area (Å²) in [6.07, 6.45) is 2.34. The van der Waals surface area contributed by atoms with Crippen molar-refractivity contribution in [3.05, 3.63) is 22.7 Å². The fraction of sp³-hybridized carbons (Fsp3) is 0.500. The van der Waals surface area contributed by atoms with Gasteiger partial charge in [-0.3, -0.25) is 4.79 Å². The van der Waals surface area contributed by atoms with Gasteiger partial charge < -0.3 is 19.9 Å². The summed E-state index contributed by atoms with van der Waals surface area (Å²) in [5.41, 5.74) is 0.590. The lowest BCUT2D eigenvalue weighted by Gasteiger charge is -2.22. The number of aliphatic carboxylic acids is 1. The van der Waals surface area contributed by atoms with E-state index in [2.05, 4.69) is 5.32 Å². The van der Waals surface area contributed by atoms with Gasteiger partial charge in [-0.1, -0.05) is 11.6 Å². The van der Waals surface area contributed by atoms with Crippen LogP contribution in [-0.4, -0.2) is 30.8 Å². The number of ether oxygens (including phenoxy) is 2. The summed E-state index contributed by atoms with van der Waals surface area (Å²) in [5.74, 6) is 0.689. The molecule has 1 aromatic carbocycles. The molecule has 0 bridgehead atoms. The average molecular weight is 298 g/mol. The summed E-state index contributed by atoms with van der Waals surface area (Å²) in [4.78, 5) is 11.4. The molecule has 5 nitrogen and oxygen atoms in total. The molecule has 1 aliphatic carbocycles. The van der Waals surface area contributed by atoms with Crippen molar-refractivity contribution in [3.63, 3.8) is 0 Å². The van der Waals surface area contributed by atoms with Crippen molar-refractivity contribution in [1.29, 1.82) is 0 Å². The van der Waals surface area contributed by atoms with E-state index in [9.17, 15) is 9.90 Å². The molecule has 2 N–H and O–H groups in total. The molecule has 1 saturated carbocycles. The summed E-state index contributed by atoms with van der Waals surface area (Å²) in [6, 6.07) is 2.55. The summed E-state index contributed by atoms with van der Waals surface area (Å²) in [6.45, 7) is 1.61. The molecule has 0 saturated heterocycles. The van der Waals surface area contributed by atoms with Crippen molar-refractivity contribution < 1.29 is 19.4 Å². The number of rotatable bonds is 5. The molecule has 6 heteroatoms. The Labute approximate surface area is 121 Å². The van der Waals surface area contributed by atoms with E-state index in [0.717, 1.165) is 0 Å². The van der Waals surface area contributed by atoms with Crippen LogP contribution in [0.2, 0.25) is 5.02 Å². The average Bonchev–Trinajstić information content (AvgIpc) is 3.23. The molecule has 3 rings (SSSR count). The van der Waals surface area contributed by atoms with Gasteiger partial charge in [-0.2, -0.15) is 0 Å². The second-order valence-electron chi connectivity index (χ2n) is 5.15. The van der Waals surface area contributed by atoms with Crippen LogP contribution in [0, 0.1) is 5.92 Å². The number of fused-ring (bicyclic) bond motifs is 1. The number of carbonyl (C=O) groups is 1. The molecule has 0 radical (unpaired) electrons. The van der Waals surface area contributed by atoms with Gasteiger partial charge in [-0.25, -0.2) is 0 Å². The fourth-order valence-corrected chi connectivity index (χ4v) is 2.53. The van der Waals surface area contributed by atoms with Crippen LogP contribution in [0.25, 0.3) is 0 Å². The minimum absolute atomic E-state index is 0.386. The van der Waals surface area contributed by atoms with Crippen molar-refractivity contribution in [2.45, 2.75) is 18.9 Å². The lowest BCUT2D eigenvalue weighted by atomic mass is 10.1. The summed E-state index contributed by atoms with van der Waals surface area (Å²) in [5, 5.41) is 12.8. The SMILES string of the molecule is O=C(O)C(NCC1CC1)c1cc(Cl)c2c(c1)OCCO2. The summed E-state index contributed by atoms with van der Waals surface area (Å²) in [7, 11) is 0. The molecule has 1 aliphatic heterocycles. The number of carboxylic acid groups (broad SMARTS) is 1. The monoisotopic (exact) mass is 297 g/mol. The van der Waals surface area contributed by atoms with Gasteiger partial charge in [0.1, 0.15) is 19.3 Å². The number of hydrogen-bond acceptors (Lipinski definition) is 4. The van der Waals surface area contributed by atoms with Crippen LogP contribution in [0.3, 0.4) is 0 Å². The maximum atomic E-state index is 11.4. The fourth-order valence-electron chi connectivity index (χ4n) is 2.25. The molecule has 108 valence electrons. The number of halogens is 1. The number of hydrogen-bond donors (Lipinski definition) is 2. The van der Waals surface area contributed by atoms with E-state index >= 15 is 0 Å². The highest BCUT2D eigenvalue weighted by Crippen LogP contribution is 2.40. The number of benzene rings is 1. The van der Waals surface area contributed by atoms with Gasteiger partial charge in [-0.15, -0.1) is 0 Å². The quantitative estimate of drug-likeness (QED) is 0.872. The van der Waals surface area contributed by atoms with Gasteiger partial charge >= 0.3 is 5.97 Å². The van der Waals surface area contributed by atoms with Crippen LogP contribution >= 0.6 is 11.6 Å². The van der Waals surface area contributed by atoms with Gasteiger partial charge in [-0.05, 0) is 43.0 Å². The first-order valence-electron chi connectivity index (χ1n) is 6.70. The Kier molecular flexibility index (Phi) is 3.72. The largest absolute Gasteiger partial charge is 0.486 e. The molecule has 1 atom stereocenters. The number of nitrogens with one attached hydrogen (secondary N) is 1. The zero-order valence-corrected chi connectivity index (χ0v) is 11.7. The van der Waals surface area contributed by atoms with E-state index < -0.39 is 12.0 Å². The topological polar surface area (TPSA) is 67.8 Å². The molecule has 0 aromatic heterocycles. The predicted octanol–water partition coefficient (Wildman–Crippen LogP) is 2.24. The van der Waals surface area contributed by atoms with Crippen LogP contribution in [0.15, 0.2) is 12.1 Å². The molecule has 0 amide bonds. The van der Waals surface area contributed by atoms with Crippen molar-refractivity contribution >= 4 is 17.6 Å². The third-order valence-electron chi connectivity index (χ3n) is 3.51. The van der Waals surface area contributed by atoms with Crippen molar-refractivity contribution in [3.8, 4) is 11.5 Å². The van der Waals surface area contributed by atoms with Crippen LogP contribution in [0.1, 0.15) is 24.4 Å². The van der Waals surface area contributed by atoms with Crippen LogP contribution in [0.4, 0.5) is 0 Å². The zero-order valence-electron chi connectivity index (χ0n) is 10.9. The Morgan fingerprint density at radius 3 is 2.85 bits per heavy atom. The highest BCUT2D eigenvalue weighted by Gasteiger charge is 2.27. The Balaban J connectivity index is 1.85. The lowest BCUT2D eigenvalue weighted by molar-refractivity contribution is -0.139. The molecular weight excluding hydrogens is 282 g/mol. The Morgan fingerprint density at radius 2 is 2.15 bits per heavy atom. The standard InChI is InChI=1S/C14H16ClNO4/c15-10-5-9(6-11-13(10)20-4-3-19-11)12(14(17)18)16-7-8-1-2-8/h5-6,8,12,16H,1-4,7H2,(H,17,18). The first-order valence-corrected chi connectivity index (χ1v) is 7.08. The normalized spacial score (nSPS) is 18.6. The molecule has 20 heavy (non-hydrogen) atoms. The minimum atomic E-state index is -0.918. The highest BCUT2D eigenvalue weighted by molar-refractivity contribution is 6.32. The summed E-state index contributed by atoms with van der Waals surface area (Å²) < 4.78 is 10.9. The molecule has 1 unspecified atom stereocenters. The second kappa shape index (κ2) is 5.50. The van der Waals surface area contributed by atoms with E-state index in [1.54, 1.807) is 12.1 Å². The summed E-state index contributed by atoms with van der Waals surface area (Å²) >= 11 is 6.15. The lowest BCUT2D eigenvalue weighted by Crippen LogP contribution is -2.30. The molecular formula is C14H16ClNO4. The van der Waals surface area contributed by atoms with E-state index in [-0.39, 0.29) is 0 Å². The Bertz CT molecular complexity index is 530. The van der Waals surface area contributed by atoms with Crippen molar-refractivity contribution in [2.75, 3.05) is 19.8 Å². The number of carboxylic acids is 1. The van der Waals surface area contributed by atoms with Crippen LogP contribution < -0.4 is 14.8 Å². The van der Waals surface area contributed by atoms with Crippen molar-refractivity contribution in [2.24, 2.45) is 5.92 Å². The molecule has 1 aromatic rings. The van der Waals surface area contributed by atoms with Crippen molar-refractivity contribution in [1.82, 2.24) is 5.32 Å². The highest BCUT2D eigenvalue weighted by atomic mass is 35.5. The third kappa shape index (κ3) is 2.83. The second-order valence-corrected chi connectivity index (χ2v) is 5.56. The molecule has 1 heterocycles. The maximum absolute atomic E-state index is 11.4. The Hall–Kier alpha value is -1.46. The Morgan fingerprint density at radius 1 is 1.40 bits per heavy atom. The van der Waals surface area contributed by atoms with Gasteiger partial charge in [0.25, 0.3) is 0 Å². The van der Waals surface area contributed by atoms with E-state index in [4.69, 9.17) is 21.1 Å². The maximum Gasteiger partial charge on any atom is 0.325 e. The predicted molar refractivity (Wildman–Crippen MR) is 73.5 cm³/mol. The van der Waals surface area contributed by atoms with Gasteiger partial charge in [0, 0.05) is 0 Å². The van der Waals surface area contributed by atoms with E-state index in [1.807, 2.05) is 0 Å². The minimum Gasteiger partial charge on any atom is -0.486 e. The van der Waals surface area contributed by atoms with E-state index in [0.29, 0.717) is 47.8 Å². The van der Waals surface area contributed by atoms with E-state index in [1.165, 1.54) is 12.8 Å². The first-order chi connectivity index (χ1) is 9.65. The third-order valence-corrected chi connectivity index (χ3v) is 3.79. The molecule has 2 aliphatic rings. The van der Waals surface area contributed by atoms with Crippen LogP contribution in [0.5, 0.6) is 11.5 Å². The molecule has 0 spiro atoms. The smallest absolute Gasteiger partial charge is 0.325 e. The molecule has 1 fully saturated rings. The van der Waals surface area contributed by atoms with Gasteiger partial charge in [0.15, 0.2) is 11.5 Å². The zero-order chi connectivity index (χ0) is 14.1. The first kappa shape index (κ1) is 13.5. The van der Waals surface area contributed by atoms with Gasteiger partial charge in [0.2, 0.25) is 0 Å². The van der Waals surface area contributed by atoms with Gasteiger partial charge in [0.05, 0.1) is 5.02 Å².